The van der Waals surface area contributed by atoms with Gasteiger partial charge in [0.25, 0.3) is 0 Å². The van der Waals surface area contributed by atoms with E-state index in [9.17, 15) is 26.4 Å². The number of carbonyl (C=O) groups is 1. The molecule has 0 saturated heterocycles. The Balaban J connectivity index is 3.41. The van der Waals surface area contributed by atoms with Crippen molar-refractivity contribution in [3.63, 3.8) is 0 Å². The van der Waals surface area contributed by atoms with E-state index in [4.69, 9.17) is 5.11 Å². The lowest BCUT2D eigenvalue weighted by Crippen LogP contribution is -2.42. The minimum atomic E-state index is -4.74. The van der Waals surface area contributed by atoms with Crippen LogP contribution >= 0.6 is 0 Å². The second kappa shape index (κ2) is 5.80. The van der Waals surface area contributed by atoms with E-state index >= 15 is 0 Å². The minimum absolute atomic E-state index is 0.102. The quantitative estimate of drug-likeness (QED) is 0.896. The standard InChI is InChI=1S/C11H12F3NO4S/c1-3-9(11(16)17)15(2)20(18,19)10-7(13)4-6(12)5-8(10)14/h4-5,9H,3H2,1-2H3,(H,16,17). The molecule has 0 saturated carbocycles. The topological polar surface area (TPSA) is 74.7 Å². The molecule has 0 aliphatic heterocycles. The number of rotatable bonds is 5. The Morgan fingerprint density at radius 1 is 1.30 bits per heavy atom. The average Bonchev–Trinajstić information content (AvgIpc) is 2.26. The van der Waals surface area contributed by atoms with Crippen molar-refractivity contribution >= 4 is 16.0 Å². The van der Waals surface area contributed by atoms with Crippen molar-refractivity contribution in [3.05, 3.63) is 29.6 Å². The number of benzene rings is 1. The number of carboxylic acids is 1. The maximum atomic E-state index is 13.5. The van der Waals surface area contributed by atoms with E-state index in [1.807, 2.05) is 0 Å². The zero-order chi connectivity index (χ0) is 15.7. The summed E-state index contributed by atoms with van der Waals surface area (Å²) in [6.07, 6.45) is -0.102. The third-order valence-electron chi connectivity index (χ3n) is 2.71. The number of hydrogen-bond donors (Lipinski definition) is 1. The van der Waals surface area contributed by atoms with Crippen LogP contribution in [0.3, 0.4) is 0 Å². The predicted octanol–water partition coefficient (Wildman–Crippen LogP) is 1.59. The van der Waals surface area contributed by atoms with Gasteiger partial charge in [-0.25, -0.2) is 21.6 Å². The van der Waals surface area contributed by atoms with Gasteiger partial charge in [-0.2, -0.15) is 4.31 Å². The largest absolute Gasteiger partial charge is 0.480 e. The van der Waals surface area contributed by atoms with Gasteiger partial charge >= 0.3 is 5.97 Å². The molecule has 0 heterocycles. The van der Waals surface area contributed by atoms with Gasteiger partial charge in [-0.15, -0.1) is 0 Å². The molecular weight excluding hydrogens is 299 g/mol. The molecule has 112 valence electrons. The van der Waals surface area contributed by atoms with Crippen LogP contribution in [0.4, 0.5) is 13.2 Å². The lowest BCUT2D eigenvalue weighted by Gasteiger charge is -2.23. The van der Waals surface area contributed by atoms with Crippen LogP contribution in [0.2, 0.25) is 0 Å². The zero-order valence-electron chi connectivity index (χ0n) is 10.6. The van der Waals surface area contributed by atoms with Crippen molar-refractivity contribution in [1.29, 1.82) is 0 Å². The minimum Gasteiger partial charge on any atom is -0.480 e. The fourth-order valence-corrected chi connectivity index (χ4v) is 3.15. The molecule has 0 spiro atoms. The smallest absolute Gasteiger partial charge is 0.321 e. The lowest BCUT2D eigenvalue weighted by molar-refractivity contribution is -0.141. The van der Waals surface area contributed by atoms with Crippen molar-refractivity contribution in [2.75, 3.05) is 7.05 Å². The predicted molar refractivity (Wildman–Crippen MR) is 63.0 cm³/mol. The third kappa shape index (κ3) is 2.93. The summed E-state index contributed by atoms with van der Waals surface area (Å²) in [5, 5.41) is 8.88. The Kier molecular flexibility index (Phi) is 4.77. The number of halogens is 3. The van der Waals surface area contributed by atoms with Crippen LogP contribution in [-0.2, 0) is 14.8 Å². The normalized spacial score (nSPS) is 13.5. The number of likely N-dealkylation sites (N-methyl/N-ethyl adjacent to an activating group) is 1. The van der Waals surface area contributed by atoms with Gasteiger partial charge in [0.05, 0.1) is 0 Å². The van der Waals surface area contributed by atoms with Crippen LogP contribution in [0.25, 0.3) is 0 Å². The van der Waals surface area contributed by atoms with Crippen molar-refractivity contribution < 1.29 is 31.5 Å². The first-order valence-electron chi connectivity index (χ1n) is 5.48. The summed E-state index contributed by atoms with van der Waals surface area (Å²) in [5.74, 6) is -5.96. The Morgan fingerprint density at radius 2 is 1.75 bits per heavy atom. The molecular formula is C11H12F3NO4S. The highest BCUT2D eigenvalue weighted by atomic mass is 32.2. The monoisotopic (exact) mass is 311 g/mol. The molecule has 9 heteroatoms. The summed E-state index contributed by atoms with van der Waals surface area (Å²) >= 11 is 0. The van der Waals surface area contributed by atoms with E-state index < -0.39 is 44.4 Å². The number of sulfonamides is 1. The van der Waals surface area contributed by atoms with Crippen molar-refractivity contribution in [1.82, 2.24) is 4.31 Å². The van der Waals surface area contributed by atoms with E-state index in [1.165, 1.54) is 6.92 Å². The summed E-state index contributed by atoms with van der Waals surface area (Å²) in [5.41, 5.74) is 0. The Morgan fingerprint density at radius 3 is 2.10 bits per heavy atom. The molecule has 0 aromatic heterocycles. The summed E-state index contributed by atoms with van der Waals surface area (Å²) in [6, 6.07) is -1.05. The van der Waals surface area contributed by atoms with Crippen LogP contribution in [0.1, 0.15) is 13.3 Å². The van der Waals surface area contributed by atoms with Crippen LogP contribution in [0, 0.1) is 17.5 Å². The number of aliphatic carboxylic acids is 1. The van der Waals surface area contributed by atoms with Crippen LogP contribution in [0.15, 0.2) is 17.0 Å². The molecule has 1 aromatic rings. The molecule has 0 aliphatic rings. The van der Waals surface area contributed by atoms with E-state index in [0.717, 1.165) is 7.05 Å². The molecule has 0 bridgehead atoms. The van der Waals surface area contributed by atoms with Gasteiger partial charge in [0.1, 0.15) is 23.5 Å². The van der Waals surface area contributed by atoms with Gasteiger partial charge in [-0.3, -0.25) is 4.79 Å². The molecule has 0 fully saturated rings. The fraction of sp³-hybridized carbons (Fsp3) is 0.364. The first-order chi connectivity index (χ1) is 9.12. The Labute approximate surface area is 113 Å². The van der Waals surface area contributed by atoms with Gasteiger partial charge < -0.3 is 5.11 Å². The zero-order valence-corrected chi connectivity index (χ0v) is 11.4. The van der Waals surface area contributed by atoms with Gasteiger partial charge in [0.2, 0.25) is 10.0 Å². The highest BCUT2D eigenvalue weighted by molar-refractivity contribution is 7.89. The fourth-order valence-electron chi connectivity index (χ4n) is 1.67. The molecule has 20 heavy (non-hydrogen) atoms. The first kappa shape index (κ1) is 16.4. The Bertz CT molecular complexity index is 610. The van der Waals surface area contributed by atoms with Crippen molar-refractivity contribution in [3.8, 4) is 0 Å². The van der Waals surface area contributed by atoms with Crippen molar-refractivity contribution in [2.45, 2.75) is 24.3 Å². The molecule has 0 radical (unpaired) electrons. The van der Waals surface area contributed by atoms with Crippen LogP contribution in [-0.4, -0.2) is 36.9 Å². The van der Waals surface area contributed by atoms with E-state index in [-0.39, 0.29) is 18.6 Å². The number of hydrogen-bond acceptors (Lipinski definition) is 3. The highest BCUT2D eigenvalue weighted by Crippen LogP contribution is 2.24. The second-order valence-corrected chi connectivity index (χ2v) is 5.92. The lowest BCUT2D eigenvalue weighted by atomic mass is 10.2. The maximum Gasteiger partial charge on any atom is 0.321 e. The Hall–Kier alpha value is -1.61. The van der Waals surface area contributed by atoms with E-state index in [1.54, 1.807) is 0 Å². The van der Waals surface area contributed by atoms with Gasteiger partial charge in [-0.1, -0.05) is 6.92 Å². The second-order valence-electron chi connectivity index (χ2n) is 3.98. The van der Waals surface area contributed by atoms with E-state index in [0.29, 0.717) is 4.31 Å². The van der Waals surface area contributed by atoms with Gasteiger partial charge in [0, 0.05) is 19.2 Å². The molecule has 0 amide bonds. The average molecular weight is 311 g/mol. The molecule has 1 aromatic carbocycles. The highest BCUT2D eigenvalue weighted by Gasteiger charge is 2.35. The number of carboxylic acid groups (broad SMARTS) is 1. The first-order valence-corrected chi connectivity index (χ1v) is 6.92. The molecule has 1 rings (SSSR count). The number of nitrogens with zero attached hydrogens (tertiary/aromatic N) is 1. The summed E-state index contributed by atoms with van der Waals surface area (Å²) in [7, 11) is -3.85. The van der Waals surface area contributed by atoms with Gasteiger partial charge in [0.15, 0.2) is 4.90 Å². The van der Waals surface area contributed by atoms with E-state index in [2.05, 4.69) is 0 Å². The maximum absolute atomic E-state index is 13.5. The molecule has 0 aliphatic carbocycles. The van der Waals surface area contributed by atoms with Crippen LogP contribution in [0.5, 0.6) is 0 Å². The SMILES string of the molecule is CCC(C(=O)O)N(C)S(=O)(=O)c1c(F)cc(F)cc1F. The third-order valence-corrected chi connectivity index (χ3v) is 4.63. The van der Waals surface area contributed by atoms with Crippen molar-refractivity contribution in [2.24, 2.45) is 0 Å². The summed E-state index contributed by atoms with van der Waals surface area (Å²) in [6.45, 7) is 1.40. The molecule has 5 nitrogen and oxygen atoms in total. The molecule has 1 N–H and O–H groups in total. The molecule has 1 atom stereocenters. The summed E-state index contributed by atoms with van der Waals surface area (Å²) in [4.78, 5) is 9.55. The van der Waals surface area contributed by atoms with Gasteiger partial charge in [-0.05, 0) is 6.42 Å². The molecule has 1 unspecified atom stereocenters. The summed E-state index contributed by atoms with van der Waals surface area (Å²) < 4.78 is 64.2. The van der Waals surface area contributed by atoms with Crippen LogP contribution < -0.4 is 0 Å².